The monoisotopic (exact) mass is 225 g/mol. The van der Waals surface area contributed by atoms with Crippen molar-refractivity contribution in [3.05, 3.63) is 34.9 Å². The summed E-state index contributed by atoms with van der Waals surface area (Å²) < 4.78 is 0. The number of aryl methyl sites for hydroxylation is 2. The standard InChI is InChI=1S/C13H19N.ClH/c1-10-5-6-12(8-11(10)2)9-13-4-3-7-14-13;/h5-6,8,13-14H,3-4,7,9H2,1-2H3;1H. The molecule has 1 nitrogen and oxygen atoms in total. The first kappa shape index (κ1) is 12.5. The minimum atomic E-state index is 0. The fraction of sp³-hybridized carbons (Fsp3) is 0.538. The summed E-state index contributed by atoms with van der Waals surface area (Å²) in [7, 11) is 0. The van der Waals surface area contributed by atoms with Gasteiger partial charge in [-0.05, 0) is 56.3 Å². The minimum absolute atomic E-state index is 0. The molecule has 2 heteroatoms. The molecule has 1 aromatic carbocycles. The van der Waals surface area contributed by atoms with Gasteiger partial charge in [0.1, 0.15) is 0 Å². The van der Waals surface area contributed by atoms with E-state index in [0.717, 1.165) is 6.04 Å². The van der Waals surface area contributed by atoms with Crippen LogP contribution in [0, 0.1) is 13.8 Å². The predicted molar refractivity (Wildman–Crippen MR) is 67.9 cm³/mol. The van der Waals surface area contributed by atoms with E-state index < -0.39 is 0 Å². The van der Waals surface area contributed by atoms with Gasteiger partial charge < -0.3 is 5.32 Å². The molecule has 0 radical (unpaired) electrons. The Morgan fingerprint density at radius 3 is 2.67 bits per heavy atom. The van der Waals surface area contributed by atoms with Crippen molar-refractivity contribution in [2.45, 2.75) is 39.2 Å². The summed E-state index contributed by atoms with van der Waals surface area (Å²) in [6.07, 6.45) is 3.88. The van der Waals surface area contributed by atoms with Crippen LogP contribution in [-0.2, 0) is 6.42 Å². The van der Waals surface area contributed by atoms with Gasteiger partial charge in [-0.2, -0.15) is 0 Å². The lowest BCUT2D eigenvalue weighted by molar-refractivity contribution is 0.603. The van der Waals surface area contributed by atoms with Gasteiger partial charge in [-0.3, -0.25) is 0 Å². The molecule has 0 aliphatic carbocycles. The van der Waals surface area contributed by atoms with Crippen LogP contribution in [0.25, 0.3) is 0 Å². The Bertz CT molecular complexity index is 316. The first-order chi connectivity index (χ1) is 6.75. The lowest BCUT2D eigenvalue weighted by Gasteiger charge is -2.11. The van der Waals surface area contributed by atoms with Crippen LogP contribution >= 0.6 is 12.4 Å². The van der Waals surface area contributed by atoms with Crippen LogP contribution in [-0.4, -0.2) is 12.6 Å². The van der Waals surface area contributed by atoms with E-state index in [9.17, 15) is 0 Å². The van der Waals surface area contributed by atoms with Crippen molar-refractivity contribution in [1.29, 1.82) is 0 Å². The molecular weight excluding hydrogens is 206 g/mol. The van der Waals surface area contributed by atoms with Crippen LogP contribution in [0.15, 0.2) is 18.2 Å². The second-order valence-corrected chi connectivity index (χ2v) is 4.42. The third-order valence-corrected chi connectivity index (χ3v) is 3.22. The van der Waals surface area contributed by atoms with Crippen molar-refractivity contribution < 1.29 is 0 Å². The SMILES string of the molecule is Cc1ccc(CC2CCCN2)cc1C.Cl. The van der Waals surface area contributed by atoms with Crippen LogP contribution in [0.3, 0.4) is 0 Å². The lowest BCUT2D eigenvalue weighted by atomic mass is 10.0. The quantitative estimate of drug-likeness (QED) is 0.816. The van der Waals surface area contributed by atoms with Gasteiger partial charge in [0, 0.05) is 6.04 Å². The molecule has 1 aliphatic heterocycles. The van der Waals surface area contributed by atoms with Crippen molar-refractivity contribution in [2.24, 2.45) is 0 Å². The summed E-state index contributed by atoms with van der Waals surface area (Å²) in [6, 6.07) is 7.55. The Hall–Kier alpha value is -0.530. The molecule has 1 atom stereocenters. The Morgan fingerprint density at radius 2 is 2.07 bits per heavy atom. The molecular formula is C13H20ClN. The number of halogens is 1. The highest BCUT2D eigenvalue weighted by Gasteiger charge is 2.14. The van der Waals surface area contributed by atoms with Gasteiger partial charge in [-0.25, -0.2) is 0 Å². The summed E-state index contributed by atoms with van der Waals surface area (Å²) >= 11 is 0. The first-order valence-electron chi connectivity index (χ1n) is 5.55. The Kier molecular flexibility index (Phi) is 4.62. The maximum absolute atomic E-state index is 3.54. The fourth-order valence-electron chi connectivity index (χ4n) is 2.15. The minimum Gasteiger partial charge on any atom is -0.314 e. The van der Waals surface area contributed by atoms with Gasteiger partial charge in [0.05, 0.1) is 0 Å². The molecule has 0 amide bonds. The number of rotatable bonds is 2. The smallest absolute Gasteiger partial charge is 0.0108 e. The molecule has 1 heterocycles. The molecule has 2 rings (SSSR count). The molecule has 15 heavy (non-hydrogen) atoms. The normalized spacial score (nSPS) is 20.0. The summed E-state index contributed by atoms with van der Waals surface area (Å²) in [5.41, 5.74) is 4.29. The van der Waals surface area contributed by atoms with Crippen LogP contribution in [0.5, 0.6) is 0 Å². The number of nitrogens with one attached hydrogen (secondary N) is 1. The molecule has 0 aromatic heterocycles. The second kappa shape index (κ2) is 5.53. The second-order valence-electron chi connectivity index (χ2n) is 4.42. The molecule has 1 aliphatic rings. The topological polar surface area (TPSA) is 12.0 Å². The van der Waals surface area contributed by atoms with Crippen molar-refractivity contribution in [3.8, 4) is 0 Å². The predicted octanol–water partition coefficient (Wildman–Crippen LogP) is 3.02. The summed E-state index contributed by atoms with van der Waals surface area (Å²) in [5.74, 6) is 0. The fourth-order valence-corrected chi connectivity index (χ4v) is 2.15. The van der Waals surface area contributed by atoms with E-state index in [1.807, 2.05) is 0 Å². The van der Waals surface area contributed by atoms with Crippen molar-refractivity contribution in [2.75, 3.05) is 6.54 Å². The van der Waals surface area contributed by atoms with Crippen LogP contribution < -0.4 is 5.32 Å². The maximum Gasteiger partial charge on any atom is 0.0108 e. The van der Waals surface area contributed by atoms with Crippen molar-refractivity contribution in [3.63, 3.8) is 0 Å². The Labute approximate surface area is 98.7 Å². The summed E-state index contributed by atoms with van der Waals surface area (Å²) in [4.78, 5) is 0. The third-order valence-electron chi connectivity index (χ3n) is 3.22. The first-order valence-corrected chi connectivity index (χ1v) is 5.55. The van der Waals surface area contributed by atoms with Gasteiger partial charge in [0.2, 0.25) is 0 Å². The van der Waals surface area contributed by atoms with E-state index in [1.165, 1.54) is 42.5 Å². The molecule has 1 unspecified atom stereocenters. The van der Waals surface area contributed by atoms with E-state index in [1.54, 1.807) is 0 Å². The Morgan fingerprint density at radius 1 is 1.27 bits per heavy atom. The highest BCUT2D eigenvalue weighted by Crippen LogP contribution is 2.15. The molecule has 1 saturated heterocycles. The van der Waals surface area contributed by atoms with Crippen molar-refractivity contribution in [1.82, 2.24) is 5.32 Å². The van der Waals surface area contributed by atoms with Gasteiger partial charge in [-0.15, -0.1) is 12.4 Å². The van der Waals surface area contributed by atoms with E-state index in [2.05, 4.69) is 37.4 Å². The maximum atomic E-state index is 3.54. The van der Waals surface area contributed by atoms with E-state index in [4.69, 9.17) is 0 Å². The molecule has 1 fully saturated rings. The zero-order chi connectivity index (χ0) is 9.97. The van der Waals surface area contributed by atoms with Crippen molar-refractivity contribution >= 4 is 12.4 Å². The summed E-state index contributed by atoms with van der Waals surface area (Å²) in [6.45, 7) is 5.57. The molecule has 1 aromatic rings. The van der Waals surface area contributed by atoms with Crippen LogP contribution in [0.2, 0.25) is 0 Å². The highest BCUT2D eigenvalue weighted by atomic mass is 35.5. The van der Waals surface area contributed by atoms with Gasteiger partial charge in [0.15, 0.2) is 0 Å². The zero-order valence-corrected chi connectivity index (χ0v) is 10.4. The molecule has 0 bridgehead atoms. The van der Waals surface area contributed by atoms with Crippen LogP contribution in [0.4, 0.5) is 0 Å². The molecule has 84 valence electrons. The average molecular weight is 226 g/mol. The largest absolute Gasteiger partial charge is 0.314 e. The van der Waals surface area contributed by atoms with E-state index >= 15 is 0 Å². The van der Waals surface area contributed by atoms with E-state index in [0.29, 0.717) is 0 Å². The molecule has 0 spiro atoms. The summed E-state index contributed by atoms with van der Waals surface area (Å²) in [5, 5.41) is 3.54. The van der Waals surface area contributed by atoms with Gasteiger partial charge >= 0.3 is 0 Å². The average Bonchev–Trinajstić information content (AvgIpc) is 2.64. The highest BCUT2D eigenvalue weighted by molar-refractivity contribution is 5.85. The zero-order valence-electron chi connectivity index (χ0n) is 9.55. The lowest BCUT2D eigenvalue weighted by Crippen LogP contribution is -2.23. The third kappa shape index (κ3) is 3.22. The molecule has 0 saturated carbocycles. The Balaban J connectivity index is 0.00000112. The van der Waals surface area contributed by atoms with Gasteiger partial charge in [-0.1, -0.05) is 18.2 Å². The van der Waals surface area contributed by atoms with E-state index in [-0.39, 0.29) is 12.4 Å². The number of benzene rings is 1. The van der Waals surface area contributed by atoms with Gasteiger partial charge in [0.25, 0.3) is 0 Å². The van der Waals surface area contributed by atoms with Crippen LogP contribution in [0.1, 0.15) is 29.5 Å². The number of hydrogen-bond donors (Lipinski definition) is 1. The number of hydrogen-bond acceptors (Lipinski definition) is 1. The molecule has 1 N–H and O–H groups in total.